The van der Waals surface area contributed by atoms with Crippen LogP contribution in [0.15, 0.2) is 24.3 Å². The van der Waals surface area contributed by atoms with Crippen molar-refractivity contribution in [2.75, 3.05) is 37.7 Å². The maximum Gasteiger partial charge on any atom is 2.00 e. The monoisotopic (exact) mass is 616 g/mol. The van der Waals surface area contributed by atoms with Crippen molar-refractivity contribution in [3.05, 3.63) is 45.5 Å². The van der Waals surface area contributed by atoms with Gasteiger partial charge in [0.2, 0.25) is 5.54 Å². The second-order valence-electron chi connectivity index (χ2n) is 6.74. The number of hydrogen-bond donors (Lipinski definition) is 2. The first-order valence-corrected chi connectivity index (χ1v) is 13.9. The summed E-state index contributed by atoms with van der Waals surface area (Å²) in [6.07, 6.45) is 0. The summed E-state index contributed by atoms with van der Waals surface area (Å²) < 4.78 is 67.9. The molecule has 2 N–H and O–H groups in total. The zero-order valence-electron chi connectivity index (χ0n) is 17.9. The Kier molecular flexibility index (Phi) is 19.5. The van der Waals surface area contributed by atoms with Crippen LogP contribution in [-0.2, 0) is 28.6 Å². The molecule has 0 aromatic heterocycles. The minimum atomic E-state index is -4.94. The maximum absolute atomic E-state index is 11.3. The zero-order chi connectivity index (χ0) is 25.5. The molecule has 0 saturated carbocycles. The molecule has 1 aromatic rings. The van der Waals surface area contributed by atoms with Crippen molar-refractivity contribution < 1.29 is 79.8 Å². The standard InChI is InChI=1S/C16H25N3O2S2.2ClHO4.Cu/c1-16(19(20)21)12-17-6-8-22-10-14-4-2-3-5-15(14)11-23-9-7-18-13-16;2*2-1(3,4)5;/h2-5,17-18H,6-13H2,1H3;2*(H,2,3,4,5);/q;;;+2/p-2. The van der Waals surface area contributed by atoms with Crippen LogP contribution >= 0.6 is 23.5 Å². The van der Waals surface area contributed by atoms with E-state index in [1.54, 1.807) is 6.92 Å². The molecule has 34 heavy (non-hydrogen) atoms. The Bertz CT molecular complexity index is 643. The van der Waals surface area contributed by atoms with E-state index in [2.05, 4.69) is 34.9 Å². The van der Waals surface area contributed by atoms with Crippen molar-refractivity contribution in [3.8, 4) is 0 Å². The van der Waals surface area contributed by atoms with Gasteiger partial charge in [0, 0.05) is 47.9 Å². The molecule has 0 unspecified atom stereocenters. The Morgan fingerprint density at radius 1 is 0.824 bits per heavy atom. The molecule has 1 aliphatic heterocycles. The third-order valence-corrected chi connectivity index (χ3v) is 5.95. The van der Waals surface area contributed by atoms with Crippen LogP contribution in [0.2, 0.25) is 0 Å². The van der Waals surface area contributed by atoms with Gasteiger partial charge in [-0.1, -0.05) is 24.3 Å². The van der Waals surface area contributed by atoms with Gasteiger partial charge in [0.05, 0.1) is 13.1 Å². The summed E-state index contributed by atoms with van der Waals surface area (Å²) in [5, 5.41) is 17.8. The van der Waals surface area contributed by atoms with Crippen LogP contribution < -0.4 is 47.9 Å². The van der Waals surface area contributed by atoms with Crippen LogP contribution in [0.5, 0.6) is 0 Å². The summed E-state index contributed by atoms with van der Waals surface area (Å²) in [4.78, 5) is 11.2. The van der Waals surface area contributed by atoms with Gasteiger partial charge in [0.1, 0.15) is 0 Å². The average Bonchev–Trinajstić information content (AvgIpc) is 2.65. The van der Waals surface area contributed by atoms with Crippen molar-refractivity contribution in [1.82, 2.24) is 10.6 Å². The summed E-state index contributed by atoms with van der Waals surface area (Å²) in [7, 11) is -9.89. The minimum absolute atomic E-state index is 0. The number of rotatable bonds is 1. The molecule has 0 fully saturated rings. The molecule has 2 rings (SSSR count). The molecule has 13 nitrogen and oxygen atoms in total. The number of hydrogen-bond acceptors (Lipinski definition) is 14. The Hall–Kier alpha value is 0.0195. The van der Waals surface area contributed by atoms with Crippen molar-refractivity contribution in [2.24, 2.45) is 0 Å². The van der Waals surface area contributed by atoms with Crippen molar-refractivity contribution in [3.63, 3.8) is 0 Å². The first-order valence-electron chi connectivity index (χ1n) is 9.13. The number of halogens is 2. The molecule has 0 aliphatic carbocycles. The third kappa shape index (κ3) is 22.5. The smallest absolute Gasteiger partial charge is 0.309 e. The van der Waals surface area contributed by atoms with Crippen LogP contribution in [0.25, 0.3) is 0 Å². The van der Waals surface area contributed by atoms with E-state index in [1.165, 1.54) is 11.1 Å². The van der Waals surface area contributed by atoms with Gasteiger partial charge < -0.3 is 10.6 Å². The van der Waals surface area contributed by atoms with Crippen molar-refractivity contribution in [1.29, 1.82) is 0 Å². The molecule has 1 radical (unpaired) electrons. The second-order valence-corrected chi connectivity index (χ2v) is 10.5. The maximum atomic E-state index is 11.3. The number of fused-ring (bicyclic) bond motifs is 1. The predicted molar refractivity (Wildman–Crippen MR) is 99.9 cm³/mol. The molecular formula is C16H25Cl2CuN3O10S2. The van der Waals surface area contributed by atoms with Gasteiger partial charge >= 0.3 is 17.1 Å². The van der Waals surface area contributed by atoms with E-state index in [-0.39, 0.29) is 22.0 Å². The number of nitro groups is 1. The fraction of sp³-hybridized carbons (Fsp3) is 0.625. The topological polar surface area (TPSA) is 252 Å². The quantitative estimate of drug-likeness (QED) is 0.169. The number of benzene rings is 1. The number of nitrogens with one attached hydrogen (secondary N) is 2. The number of thioether (sulfide) groups is 2. The van der Waals surface area contributed by atoms with E-state index < -0.39 is 26.0 Å². The van der Waals surface area contributed by atoms with Crippen LogP contribution in [0.1, 0.15) is 18.1 Å². The molecule has 1 heterocycles. The van der Waals surface area contributed by atoms with E-state index in [1.807, 2.05) is 23.5 Å². The molecule has 18 heteroatoms. The first-order chi connectivity index (χ1) is 15.1. The molecule has 0 amide bonds. The van der Waals surface area contributed by atoms with E-state index in [9.17, 15) is 10.1 Å². The fourth-order valence-corrected chi connectivity index (χ4v) is 4.27. The van der Waals surface area contributed by atoms with Crippen LogP contribution in [0.3, 0.4) is 0 Å². The zero-order valence-corrected chi connectivity index (χ0v) is 22.0. The second kappa shape index (κ2) is 18.3. The van der Waals surface area contributed by atoms with E-state index in [0.29, 0.717) is 13.1 Å². The molecule has 0 atom stereocenters. The van der Waals surface area contributed by atoms with Crippen LogP contribution in [0, 0.1) is 30.6 Å². The molecule has 0 bridgehead atoms. The van der Waals surface area contributed by atoms with Crippen molar-refractivity contribution >= 4 is 23.5 Å². The van der Waals surface area contributed by atoms with Crippen LogP contribution in [-0.4, -0.2) is 48.1 Å². The molecular weight excluding hydrogens is 593 g/mol. The van der Waals surface area contributed by atoms with E-state index >= 15 is 0 Å². The molecule has 1 aromatic carbocycles. The molecule has 0 saturated heterocycles. The van der Waals surface area contributed by atoms with Gasteiger partial charge in [-0.15, -0.1) is 20.5 Å². The summed E-state index contributed by atoms with van der Waals surface area (Å²) in [5.41, 5.74) is 1.87. The Balaban J connectivity index is 0. The number of nitrogens with zero attached hydrogens (tertiary/aromatic N) is 1. The van der Waals surface area contributed by atoms with Gasteiger partial charge in [0.25, 0.3) is 0 Å². The molecule has 1 aliphatic rings. The van der Waals surface area contributed by atoms with Gasteiger partial charge in [-0.2, -0.15) is 23.5 Å². The first kappa shape index (κ1) is 36.2. The Morgan fingerprint density at radius 3 is 1.44 bits per heavy atom. The normalized spacial score (nSPS) is 17.6. The van der Waals surface area contributed by atoms with Crippen LogP contribution in [0.4, 0.5) is 0 Å². The summed E-state index contributed by atoms with van der Waals surface area (Å²) in [5.74, 6) is 3.93. The minimum Gasteiger partial charge on any atom is -0.309 e. The molecule has 201 valence electrons. The van der Waals surface area contributed by atoms with Crippen molar-refractivity contribution in [2.45, 2.75) is 24.0 Å². The van der Waals surface area contributed by atoms with E-state index in [0.717, 1.165) is 36.1 Å². The summed E-state index contributed by atoms with van der Waals surface area (Å²) in [6.45, 7) is 4.10. The SMILES string of the molecule is CC1([N+](=O)[O-])CNCCSCc2ccccc2CSCCNC1.[Cu+2].[O-][Cl+3]([O-])([O-])[O-].[O-][Cl+3]([O-])([O-])[O-]. The fourth-order valence-electron chi connectivity index (χ4n) is 2.40. The van der Waals surface area contributed by atoms with Gasteiger partial charge in [-0.25, -0.2) is 37.3 Å². The van der Waals surface area contributed by atoms with E-state index in [4.69, 9.17) is 37.3 Å². The largest absolute Gasteiger partial charge is 2.00 e. The van der Waals surface area contributed by atoms with Gasteiger partial charge in [-0.05, 0) is 11.1 Å². The Labute approximate surface area is 220 Å². The summed E-state index contributed by atoms with van der Waals surface area (Å²) in [6, 6.07) is 8.61. The third-order valence-electron chi connectivity index (χ3n) is 3.93. The summed E-state index contributed by atoms with van der Waals surface area (Å²) >= 11 is 3.76. The molecule has 0 spiro atoms. The predicted octanol–water partition coefficient (Wildman–Crippen LogP) is -7.13. The Morgan fingerprint density at radius 2 is 1.15 bits per heavy atom. The van der Waals surface area contributed by atoms with Gasteiger partial charge in [-0.3, -0.25) is 10.1 Å². The average molecular weight is 618 g/mol. The van der Waals surface area contributed by atoms with Gasteiger partial charge in [0.15, 0.2) is 0 Å².